The van der Waals surface area contributed by atoms with Crippen molar-refractivity contribution in [2.75, 3.05) is 6.61 Å². The molecule has 1 aromatic carbocycles. The van der Waals surface area contributed by atoms with Crippen molar-refractivity contribution < 1.29 is 9.53 Å². The van der Waals surface area contributed by atoms with Gasteiger partial charge in [-0.2, -0.15) is 5.10 Å². The van der Waals surface area contributed by atoms with Crippen LogP contribution in [-0.4, -0.2) is 27.2 Å². The fourth-order valence-electron chi connectivity index (χ4n) is 2.69. The van der Waals surface area contributed by atoms with E-state index in [4.69, 9.17) is 4.74 Å². The van der Waals surface area contributed by atoms with Crippen molar-refractivity contribution in [1.82, 2.24) is 14.8 Å². The average Bonchev–Trinajstić information content (AvgIpc) is 3.02. The lowest BCUT2D eigenvalue weighted by Crippen LogP contribution is -2.11. The van der Waals surface area contributed by atoms with Crippen molar-refractivity contribution in [3.05, 3.63) is 81.5 Å². The molecular weight excluding hydrogens is 330 g/mol. The molecule has 0 bridgehead atoms. The molecule has 134 valence electrons. The second-order valence-electron chi connectivity index (χ2n) is 6.06. The van der Waals surface area contributed by atoms with Gasteiger partial charge in [0.05, 0.1) is 18.0 Å². The number of ether oxygens (including phenoxy) is 1. The molecule has 0 amide bonds. The molecule has 0 aliphatic heterocycles. The van der Waals surface area contributed by atoms with Crippen LogP contribution in [0.25, 0.3) is 0 Å². The Morgan fingerprint density at radius 2 is 1.88 bits per heavy atom. The summed E-state index contributed by atoms with van der Waals surface area (Å²) in [6.45, 7) is 2.71. The molecule has 26 heavy (non-hydrogen) atoms. The average molecular weight is 351 g/mol. The normalized spacial score (nSPS) is 10.7. The summed E-state index contributed by atoms with van der Waals surface area (Å²) in [5.41, 5.74) is 2.66. The number of aromatic amines is 1. The molecule has 0 aliphatic rings. The zero-order valence-corrected chi connectivity index (χ0v) is 14.9. The van der Waals surface area contributed by atoms with Crippen molar-refractivity contribution in [3.63, 3.8) is 0 Å². The molecule has 0 saturated heterocycles. The molecule has 2 heterocycles. The zero-order valence-electron chi connectivity index (χ0n) is 14.9. The van der Waals surface area contributed by atoms with E-state index in [1.807, 2.05) is 42.8 Å². The highest BCUT2D eigenvalue weighted by molar-refractivity contribution is 6.08. The van der Waals surface area contributed by atoms with Gasteiger partial charge in [0.25, 0.3) is 5.56 Å². The Kier molecular flexibility index (Phi) is 5.31. The van der Waals surface area contributed by atoms with E-state index in [0.29, 0.717) is 24.3 Å². The maximum Gasteiger partial charge on any atom is 0.264 e. The quantitative estimate of drug-likeness (QED) is 0.664. The lowest BCUT2D eigenvalue weighted by atomic mass is 10.1. The van der Waals surface area contributed by atoms with Crippen LogP contribution in [0.5, 0.6) is 5.75 Å². The van der Waals surface area contributed by atoms with Crippen LogP contribution in [0.3, 0.4) is 0 Å². The van der Waals surface area contributed by atoms with Gasteiger partial charge in [-0.1, -0.05) is 6.92 Å². The third kappa shape index (κ3) is 3.91. The molecule has 0 aliphatic carbocycles. The van der Waals surface area contributed by atoms with E-state index in [0.717, 1.165) is 23.6 Å². The predicted octanol–water partition coefficient (Wildman–Crippen LogP) is 2.72. The standard InChI is InChI=1S/C20H21N3O3/c1-3-12-26-17-8-4-14(5-9-17)20(25)18-10-7-16(23(18)2)13-15-6-11-19(24)22-21-15/h4-11H,3,12-13H2,1-2H3,(H,22,24). The van der Waals surface area contributed by atoms with E-state index < -0.39 is 0 Å². The number of aromatic nitrogens is 3. The number of benzene rings is 1. The SMILES string of the molecule is CCCOc1ccc(C(=O)c2ccc(Cc3ccc(=O)[nH]n3)n2C)cc1. The van der Waals surface area contributed by atoms with E-state index in [1.54, 1.807) is 18.2 Å². The molecule has 0 unspecified atom stereocenters. The molecule has 3 rings (SSSR count). The number of hydrogen-bond acceptors (Lipinski definition) is 4. The number of carbonyl (C=O) groups is 1. The smallest absolute Gasteiger partial charge is 0.264 e. The van der Waals surface area contributed by atoms with Gasteiger partial charge in [-0.3, -0.25) is 9.59 Å². The van der Waals surface area contributed by atoms with Gasteiger partial charge in [0.2, 0.25) is 5.78 Å². The Morgan fingerprint density at radius 1 is 1.12 bits per heavy atom. The van der Waals surface area contributed by atoms with Gasteiger partial charge in [-0.15, -0.1) is 0 Å². The number of hydrogen-bond donors (Lipinski definition) is 1. The first-order valence-electron chi connectivity index (χ1n) is 8.55. The number of nitrogens with one attached hydrogen (secondary N) is 1. The second kappa shape index (κ2) is 7.82. The minimum atomic E-state index is -0.233. The summed E-state index contributed by atoms with van der Waals surface area (Å²) in [4.78, 5) is 23.9. The van der Waals surface area contributed by atoms with E-state index in [-0.39, 0.29) is 11.3 Å². The first kappa shape index (κ1) is 17.7. The third-order valence-corrected chi connectivity index (χ3v) is 4.15. The van der Waals surface area contributed by atoms with E-state index in [1.165, 1.54) is 6.07 Å². The number of H-pyrrole nitrogens is 1. The molecule has 0 fully saturated rings. The minimum absolute atomic E-state index is 0.0461. The molecule has 0 spiro atoms. The molecule has 0 atom stereocenters. The Bertz CT molecular complexity index is 935. The monoisotopic (exact) mass is 351 g/mol. The van der Waals surface area contributed by atoms with Crippen LogP contribution in [0.1, 0.15) is 40.8 Å². The first-order valence-corrected chi connectivity index (χ1v) is 8.55. The highest BCUT2D eigenvalue weighted by Gasteiger charge is 2.15. The minimum Gasteiger partial charge on any atom is -0.494 e. The van der Waals surface area contributed by atoms with Gasteiger partial charge in [0.1, 0.15) is 5.75 Å². The van der Waals surface area contributed by atoms with Crippen LogP contribution in [0.4, 0.5) is 0 Å². The lowest BCUT2D eigenvalue weighted by molar-refractivity contribution is 0.103. The number of nitrogens with zero attached hydrogens (tertiary/aromatic N) is 2. The Morgan fingerprint density at radius 3 is 2.54 bits per heavy atom. The molecule has 6 nitrogen and oxygen atoms in total. The summed E-state index contributed by atoms with van der Waals surface area (Å²) in [6, 6.07) is 14.0. The van der Waals surface area contributed by atoms with Gasteiger partial charge in [-0.05, 0) is 48.9 Å². The van der Waals surface area contributed by atoms with Gasteiger partial charge in [-0.25, -0.2) is 5.10 Å². The Balaban J connectivity index is 1.77. The van der Waals surface area contributed by atoms with Gasteiger partial charge >= 0.3 is 0 Å². The van der Waals surface area contributed by atoms with Crippen molar-refractivity contribution in [2.45, 2.75) is 19.8 Å². The molecule has 3 aromatic rings. The van der Waals surface area contributed by atoms with Crippen molar-refractivity contribution in [3.8, 4) is 5.75 Å². The van der Waals surface area contributed by atoms with Gasteiger partial charge < -0.3 is 9.30 Å². The number of ketones is 1. The van der Waals surface area contributed by atoms with E-state index >= 15 is 0 Å². The summed E-state index contributed by atoms with van der Waals surface area (Å²) in [6.07, 6.45) is 1.47. The molecule has 2 aromatic heterocycles. The van der Waals surface area contributed by atoms with Crippen LogP contribution in [0.15, 0.2) is 53.3 Å². The van der Waals surface area contributed by atoms with Gasteiger partial charge in [0, 0.05) is 30.8 Å². The van der Waals surface area contributed by atoms with Gasteiger partial charge in [0.15, 0.2) is 0 Å². The van der Waals surface area contributed by atoms with E-state index in [9.17, 15) is 9.59 Å². The fourth-order valence-corrected chi connectivity index (χ4v) is 2.69. The lowest BCUT2D eigenvalue weighted by Gasteiger charge is -2.08. The first-order chi connectivity index (χ1) is 12.6. The fraction of sp³-hybridized carbons (Fsp3) is 0.250. The summed E-state index contributed by atoms with van der Waals surface area (Å²) in [5.74, 6) is 0.718. The Labute approximate surface area is 151 Å². The summed E-state index contributed by atoms with van der Waals surface area (Å²) in [7, 11) is 1.85. The summed E-state index contributed by atoms with van der Waals surface area (Å²) >= 11 is 0. The van der Waals surface area contributed by atoms with Crippen LogP contribution < -0.4 is 10.3 Å². The molecular formula is C20H21N3O3. The van der Waals surface area contributed by atoms with E-state index in [2.05, 4.69) is 10.2 Å². The summed E-state index contributed by atoms with van der Waals surface area (Å²) < 4.78 is 7.41. The molecule has 6 heteroatoms. The topological polar surface area (TPSA) is 77.0 Å². The third-order valence-electron chi connectivity index (χ3n) is 4.15. The Hall–Kier alpha value is -3.15. The predicted molar refractivity (Wildman–Crippen MR) is 98.7 cm³/mol. The van der Waals surface area contributed by atoms with Crippen molar-refractivity contribution >= 4 is 5.78 Å². The second-order valence-corrected chi connectivity index (χ2v) is 6.06. The largest absolute Gasteiger partial charge is 0.494 e. The summed E-state index contributed by atoms with van der Waals surface area (Å²) in [5, 5.41) is 6.43. The molecule has 0 radical (unpaired) electrons. The van der Waals surface area contributed by atoms with Crippen molar-refractivity contribution in [2.24, 2.45) is 7.05 Å². The maximum atomic E-state index is 12.8. The molecule has 0 saturated carbocycles. The number of carbonyl (C=O) groups excluding carboxylic acids is 1. The van der Waals surface area contributed by atoms with Crippen LogP contribution >= 0.6 is 0 Å². The maximum absolute atomic E-state index is 12.8. The highest BCUT2D eigenvalue weighted by Crippen LogP contribution is 2.18. The highest BCUT2D eigenvalue weighted by atomic mass is 16.5. The van der Waals surface area contributed by atoms with Crippen LogP contribution in [-0.2, 0) is 13.5 Å². The van der Waals surface area contributed by atoms with Crippen LogP contribution in [0, 0.1) is 0 Å². The van der Waals surface area contributed by atoms with Crippen LogP contribution in [0.2, 0.25) is 0 Å². The molecule has 1 N–H and O–H groups in total. The van der Waals surface area contributed by atoms with Crippen molar-refractivity contribution in [1.29, 1.82) is 0 Å². The zero-order chi connectivity index (χ0) is 18.5. The number of rotatable bonds is 7.